The van der Waals surface area contributed by atoms with Crippen LogP contribution in [0.15, 0.2) is 42.5 Å². The van der Waals surface area contributed by atoms with Crippen LogP contribution in [0.4, 0.5) is 5.69 Å². The van der Waals surface area contributed by atoms with Crippen molar-refractivity contribution in [2.75, 3.05) is 25.0 Å². The monoisotopic (exact) mass is 350 g/mol. The van der Waals surface area contributed by atoms with Gasteiger partial charge in [-0.2, -0.15) is 0 Å². The number of benzene rings is 2. The molecule has 1 atom stereocenters. The maximum Gasteiger partial charge on any atom is 0.251 e. The Morgan fingerprint density at radius 1 is 1.04 bits per heavy atom. The summed E-state index contributed by atoms with van der Waals surface area (Å²) >= 11 is 0. The number of amides is 1. The van der Waals surface area contributed by atoms with Crippen molar-refractivity contribution in [1.82, 2.24) is 5.32 Å². The third-order valence-electron chi connectivity index (χ3n) is 5.57. The van der Waals surface area contributed by atoms with Gasteiger partial charge in [0, 0.05) is 37.3 Å². The Labute approximate surface area is 157 Å². The summed E-state index contributed by atoms with van der Waals surface area (Å²) in [6.07, 6.45) is 5.27. The normalized spacial score (nSPS) is 16.0. The van der Waals surface area contributed by atoms with E-state index in [2.05, 4.69) is 48.3 Å². The van der Waals surface area contributed by atoms with Gasteiger partial charge in [0.25, 0.3) is 5.91 Å². The molecule has 3 heteroatoms. The van der Waals surface area contributed by atoms with Crippen LogP contribution in [0.3, 0.4) is 0 Å². The largest absolute Gasteiger partial charge is 0.371 e. The molecule has 3 nitrogen and oxygen atoms in total. The van der Waals surface area contributed by atoms with E-state index >= 15 is 0 Å². The second-order valence-electron chi connectivity index (χ2n) is 7.34. The van der Waals surface area contributed by atoms with Crippen LogP contribution in [0.5, 0.6) is 0 Å². The fourth-order valence-corrected chi connectivity index (χ4v) is 4.01. The molecule has 1 heterocycles. The molecule has 0 saturated carbocycles. The number of nitrogens with one attached hydrogen (secondary N) is 1. The summed E-state index contributed by atoms with van der Waals surface area (Å²) in [6.45, 7) is 6.72. The van der Waals surface area contributed by atoms with Crippen molar-refractivity contribution in [3.63, 3.8) is 0 Å². The lowest BCUT2D eigenvalue weighted by atomic mass is 9.88. The molecule has 2 aromatic carbocycles. The van der Waals surface area contributed by atoms with E-state index in [0.29, 0.717) is 0 Å². The number of carbonyl (C=O) groups is 1. The molecule has 0 aromatic heterocycles. The molecule has 1 saturated heterocycles. The van der Waals surface area contributed by atoms with Crippen LogP contribution in [0, 0.1) is 6.92 Å². The van der Waals surface area contributed by atoms with E-state index in [4.69, 9.17) is 0 Å². The highest BCUT2D eigenvalue weighted by atomic mass is 16.1. The fourth-order valence-electron chi connectivity index (χ4n) is 4.01. The third-order valence-corrected chi connectivity index (χ3v) is 5.57. The number of anilines is 1. The van der Waals surface area contributed by atoms with Crippen LogP contribution in [0.1, 0.15) is 65.6 Å². The zero-order chi connectivity index (χ0) is 18.5. The van der Waals surface area contributed by atoms with Gasteiger partial charge in [0.2, 0.25) is 0 Å². The van der Waals surface area contributed by atoms with Gasteiger partial charge < -0.3 is 10.2 Å². The maximum atomic E-state index is 12.2. The first-order valence-corrected chi connectivity index (χ1v) is 9.78. The van der Waals surface area contributed by atoms with Crippen molar-refractivity contribution in [2.45, 2.75) is 45.4 Å². The van der Waals surface area contributed by atoms with Gasteiger partial charge in [-0.1, -0.05) is 50.1 Å². The Morgan fingerprint density at radius 2 is 1.73 bits per heavy atom. The van der Waals surface area contributed by atoms with Crippen molar-refractivity contribution in [1.29, 1.82) is 0 Å². The molecule has 0 aliphatic carbocycles. The minimum Gasteiger partial charge on any atom is -0.371 e. The zero-order valence-electron chi connectivity index (χ0n) is 16.2. The van der Waals surface area contributed by atoms with E-state index < -0.39 is 0 Å². The highest BCUT2D eigenvalue weighted by Crippen LogP contribution is 2.31. The highest BCUT2D eigenvalue weighted by Gasteiger charge is 2.18. The minimum absolute atomic E-state index is 0.0228. The number of rotatable bonds is 4. The number of nitrogens with zero attached hydrogens (tertiary/aromatic N) is 1. The molecule has 2 aromatic rings. The second kappa shape index (κ2) is 8.39. The number of hydrogen-bond acceptors (Lipinski definition) is 2. The van der Waals surface area contributed by atoms with Gasteiger partial charge in [-0.15, -0.1) is 0 Å². The van der Waals surface area contributed by atoms with Crippen LogP contribution in [-0.2, 0) is 0 Å². The van der Waals surface area contributed by atoms with Gasteiger partial charge in [-0.3, -0.25) is 4.79 Å². The molecule has 1 fully saturated rings. The molecular formula is C23H30N2O. The SMILES string of the molecule is CNC(=O)c1ccccc1C(C)c1ccc(N2CCCCCC2)c(C)c1. The standard InChI is InChI=1S/C23H30N2O/c1-17-16-19(12-13-22(17)25-14-8-4-5-9-15-25)18(2)20-10-6-7-11-21(20)23(26)24-3/h6-7,10-13,16,18H,4-5,8-9,14-15H2,1-3H3,(H,24,26). The first-order valence-electron chi connectivity index (χ1n) is 9.78. The van der Waals surface area contributed by atoms with E-state index in [1.54, 1.807) is 7.05 Å². The molecule has 1 amide bonds. The van der Waals surface area contributed by atoms with Crippen LogP contribution in [0.25, 0.3) is 0 Å². The molecule has 0 radical (unpaired) electrons. The Hall–Kier alpha value is -2.29. The molecule has 3 rings (SSSR count). The van der Waals surface area contributed by atoms with Crippen molar-refractivity contribution in [3.05, 3.63) is 64.7 Å². The predicted molar refractivity (Wildman–Crippen MR) is 109 cm³/mol. The van der Waals surface area contributed by atoms with Gasteiger partial charge in [0.1, 0.15) is 0 Å². The summed E-state index contributed by atoms with van der Waals surface area (Å²) in [4.78, 5) is 14.7. The summed E-state index contributed by atoms with van der Waals surface area (Å²) < 4.78 is 0. The quantitative estimate of drug-likeness (QED) is 0.852. The van der Waals surface area contributed by atoms with Crippen LogP contribution >= 0.6 is 0 Å². The van der Waals surface area contributed by atoms with Gasteiger partial charge >= 0.3 is 0 Å². The lowest BCUT2D eigenvalue weighted by Gasteiger charge is -2.26. The topological polar surface area (TPSA) is 32.3 Å². The molecule has 138 valence electrons. The first kappa shape index (κ1) is 18.5. The smallest absolute Gasteiger partial charge is 0.251 e. The van der Waals surface area contributed by atoms with Crippen molar-refractivity contribution >= 4 is 11.6 Å². The van der Waals surface area contributed by atoms with Crippen LogP contribution < -0.4 is 10.2 Å². The number of carbonyl (C=O) groups excluding carboxylic acids is 1. The maximum absolute atomic E-state index is 12.2. The highest BCUT2D eigenvalue weighted by molar-refractivity contribution is 5.95. The number of hydrogen-bond donors (Lipinski definition) is 1. The van der Waals surface area contributed by atoms with E-state index in [1.165, 1.54) is 42.5 Å². The first-order chi connectivity index (χ1) is 12.6. The molecule has 1 aliphatic heterocycles. The molecule has 1 aliphatic rings. The molecule has 0 bridgehead atoms. The van der Waals surface area contributed by atoms with Gasteiger partial charge in [-0.25, -0.2) is 0 Å². The molecular weight excluding hydrogens is 320 g/mol. The summed E-state index contributed by atoms with van der Waals surface area (Å²) in [5, 5.41) is 2.75. The lowest BCUT2D eigenvalue weighted by molar-refractivity contribution is 0.0962. The predicted octanol–water partition coefficient (Wildman–Crippen LogP) is 4.89. The average molecular weight is 351 g/mol. The van der Waals surface area contributed by atoms with Gasteiger partial charge in [0.15, 0.2) is 0 Å². The molecule has 26 heavy (non-hydrogen) atoms. The van der Waals surface area contributed by atoms with Gasteiger partial charge in [-0.05, 0) is 48.6 Å². The molecule has 1 unspecified atom stereocenters. The average Bonchev–Trinajstić information content (AvgIpc) is 2.96. The Bertz CT molecular complexity index is 761. The van der Waals surface area contributed by atoms with Crippen LogP contribution in [-0.4, -0.2) is 26.0 Å². The summed E-state index contributed by atoms with van der Waals surface area (Å²) in [5.74, 6) is 0.158. The van der Waals surface area contributed by atoms with E-state index in [-0.39, 0.29) is 11.8 Å². The lowest BCUT2D eigenvalue weighted by Crippen LogP contribution is -2.24. The summed E-state index contributed by atoms with van der Waals surface area (Å²) in [5.41, 5.74) is 5.79. The Balaban J connectivity index is 1.88. The molecule has 0 spiro atoms. The molecule has 1 N–H and O–H groups in total. The summed E-state index contributed by atoms with van der Waals surface area (Å²) in [7, 11) is 1.68. The minimum atomic E-state index is -0.0228. The zero-order valence-corrected chi connectivity index (χ0v) is 16.2. The van der Waals surface area contributed by atoms with Crippen molar-refractivity contribution in [3.8, 4) is 0 Å². The fraction of sp³-hybridized carbons (Fsp3) is 0.435. The third kappa shape index (κ3) is 3.92. The second-order valence-corrected chi connectivity index (χ2v) is 7.34. The number of aryl methyl sites for hydroxylation is 1. The Kier molecular flexibility index (Phi) is 5.97. The summed E-state index contributed by atoms with van der Waals surface area (Å²) in [6, 6.07) is 14.7. The van der Waals surface area contributed by atoms with E-state index in [0.717, 1.165) is 24.2 Å². The Morgan fingerprint density at radius 3 is 2.38 bits per heavy atom. The van der Waals surface area contributed by atoms with Crippen LogP contribution in [0.2, 0.25) is 0 Å². The van der Waals surface area contributed by atoms with Crippen molar-refractivity contribution in [2.24, 2.45) is 0 Å². The van der Waals surface area contributed by atoms with E-state index in [1.807, 2.05) is 18.2 Å². The van der Waals surface area contributed by atoms with E-state index in [9.17, 15) is 4.79 Å². The van der Waals surface area contributed by atoms with Crippen molar-refractivity contribution < 1.29 is 4.79 Å². The van der Waals surface area contributed by atoms with Gasteiger partial charge in [0.05, 0.1) is 0 Å².